The molecule has 0 spiro atoms. The number of aliphatic hydroxyl groups excluding tert-OH is 3. The van der Waals surface area contributed by atoms with E-state index < -0.39 is 64.6 Å². The summed E-state index contributed by atoms with van der Waals surface area (Å²) in [7, 11) is 3.01. The Morgan fingerprint density at radius 2 is 1.95 bits per heavy atom. The van der Waals surface area contributed by atoms with Gasteiger partial charge in [0, 0.05) is 22.1 Å². The summed E-state index contributed by atoms with van der Waals surface area (Å²) in [4.78, 5) is 64.6. The second-order valence-electron chi connectivity index (χ2n) is 9.42. The van der Waals surface area contributed by atoms with Crippen molar-refractivity contribution in [1.82, 2.24) is 4.90 Å². The number of likely N-dealkylation sites (N-methyl/N-ethyl adjacent to an activating group) is 1. The van der Waals surface area contributed by atoms with Crippen molar-refractivity contribution >= 4 is 46.6 Å². The minimum absolute atomic E-state index is 0.0676. The van der Waals surface area contributed by atoms with Crippen molar-refractivity contribution in [1.29, 1.82) is 0 Å². The highest BCUT2D eigenvalue weighted by Crippen LogP contribution is 2.54. The molecular weight excluding hydrogens is 508 g/mol. The standard InChI is InChI=1S/C24H23ClN4O8/c1-29(2)18-13-7-10-6-12-9(5-11(25)8-30)3-4-14(27-36)16(12)19(31)15(10)21(33)24(13,28-37)22(34)17(20(18)32)23(26)35/h3-5,10,13,18,30-31,34H,6-8H2,1-2H3,(H2,26,35)/b11-5-/t10-,13-,18-,24-/m0/s1. The van der Waals surface area contributed by atoms with Crippen LogP contribution < -0.4 is 5.73 Å². The number of amides is 1. The molecule has 1 aromatic carbocycles. The van der Waals surface area contributed by atoms with Crippen molar-refractivity contribution in [3.8, 4) is 0 Å². The van der Waals surface area contributed by atoms with E-state index in [9.17, 15) is 39.5 Å². The van der Waals surface area contributed by atoms with E-state index in [1.54, 1.807) is 0 Å². The molecule has 3 aliphatic rings. The lowest BCUT2D eigenvalue weighted by molar-refractivity contribution is -0.134. The van der Waals surface area contributed by atoms with Gasteiger partial charge in [-0.3, -0.25) is 19.3 Å². The van der Waals surface area contributed by atoms with Gasteiger partial charge in [-0.25, -0.2) is 0 Å². The largest absolute Gasteiger partial charge is 0.508 e. The van der Waals surface area contributed by atoms with Crippen LogP contribution >= 0.6 is 11.6 Å². The van der Waals surface area contributed by atoms with Gasteiger partial charge >= 0.3 is 0 Å². The zero-order valence-electron chi connectivity index (χ0n) is 19.8. The number of halogens is 1. The summed E-state index contributed by atoms with van der Waals surface area (Å²) in [5.41, 5.74) is 2.14. The number of carbonyl (C=O) groups excluding carboxylic acids is 3. The highest BCUT2D eigenvalue weighted by molar-refractivity contribution is 6.31. The molecule has 1 amide bonds. The molecule has 4 atom stereocenters. The van der Waals surface area contributed by atoms with Crippen molar-refractivity contribution in [2.45, 2.75) is 24.4 Å². The van der Waals surface area contributed by atoms with Crippen molar-refractivity contribution in [3.63, 3.8) is 0 Å². The Hall–Kier alpha value is -3.74. The number of primary amides is 1. The Morgan fingerprint density at radius 1 is 1.27 bits per heavy atom. The van der Waals surface area contributed by atoms with Gasteiger partial charge < -0.3 is 21.1 Å². The number of nitrogens with two attached hydrogens (primary N) is 1. The molecule has 4 rings (SSSR count). The number of Topliss-reactive ketones (excluding diaryl/α,β-unsaturated/α-hetero) is 2. The molecule has 194 valence electrons. The average Bonchev–Trinajstić information content (AvgIpc) is 2.84. The summed E-state index contributed by atoms with van der Waals surface area (Å²) in [6.07, 6.45) is 1.43. The number of ketones is 2. The summed E-state index contributed by atoms with van der Waals surface area (Å²) < 4.78 is 0. The van der Waals surface area contributed by atoms with Gasteiger partial charge in [0.05, 0.1) is 12.6 Å². The maximum absolute atomic E-state index is 14.0. The maximum atomic E-state index is 14.0. The summed E-state index contributed by atoms with van der Waals surface area (Å²) in [6, 6.07) is 1.61. The predicted octanol–water partition coefficient (Wildman–Crippen LogP) is 2.00. The van der Waals surface area contributed by atoms with Crippen LogP contribution in [0.15, 0.2) is 44.4 Å². The van der Waals surface area contributed by atoms with Gasteiger partial charge in [-0.15, -0.1) is 9.81 Å². The van der Waals surface area contributed by atoms with Gasteiger partial charge in [-0.2, -0.15) is 0 Å². The first-order chi connectivity index (χ1) is 17.5. The first-order valence-corrected chi connectivity index (χ1v) is 11.6. The number of benzene rings is 1. The zero-order valence-corrected chi connectivity index (χ0v) is 20.5. The third-order valence-electron chi connectivity index (χ3n) is 7.35. The smallest absolute Gasteiger partial charge is 0.255 e. The predicted molar refractivity (Wildman–Crippen MR) is 133 cm³/mol. The van der Waals surface area contributed by atoms with Gasteiger partial charge in [0.2, 0.25) is 11.3 Å². The summed E-state index contributed by atoms with van der Waals surface area (Å²) in [5.74, 6) is -7.05. The first-order valence-electron chi connectivity index (χ1n) is 11.2. The number of nitrogens with zero attached hydrogens (tertiary/aromatic N) is 3. The van der Waals surface area contributed by atoms with E-state index >= 15 is 0 Å². The van der Waals surface area contributed by atoms with Crippen molar-refractivity contribution in [2.24, 2.45) is 27.9 Å². The Balaban J connectivity index is 2.04. The number of nitroso groups, excluding NO2 is 2. The van der Waals surface area contributed by atoms with Gasteiger partial charge in [-0.05, 0) is 66.5 Å². The van der Waals surface area contributed by atoms with Gasteiger partial charge in [0.25, 0.3) is 5.91 Å². The van der Waals surface area contributed by atoms with Crippen LogP contribution in [-0.2, 0) is 20.8 Å². The lowest BCUT2D eigenvalue weighted by Crippen LogP contribution is -2.64. The van der Waals surface area contributed by atoms with Crippen LogP contribution in [0.4, 0.5) is 5.69 Å². The van der Waals surface area contributed by atoms with Crippen LogP contribution in [0.5, 0.6) is 0 Å². The SMILES string of the molecule is CN(C)[C@@H]1C(=O)C(C(N)=O)=C(O)[C@@]2(N=O)C(=O)C3=C(O)c4c(N=O)ccc(/C=C(\Cl)CO)c4C[C@H]3C[C@@H]12. The molecule has 13 heteroatoms. The van der Waals surface area contributed by atoms with E-state index in [0.717, 1.165) is 0 Å². The van der Waals surface area contributed by atoms with Gasteiger partial charge in [0.15, 0.2) is 5.78 Å². The molecular formula is C24H23ClN4O8. The average molecular weight is 531 g/mol. The minimum atomic E-state index is -2.60. The molecule has 1 fully saturated rings. The number of carbonyl (C=O) groups is 3. The normalized spacial score (nSPS) is 27.6. The van der Waals surface area contributed by atoms with Crippen LogP contribution in [0.3, 0.4) is 0 Å². The molecule has 0 bridgehead atoms. The molecule has 0 aliphatic heterocycles. The fraction of sp³-hybridized carbons (Fsp3) is 0.375. The summed E-state index contributed by atoms with van der Waals surface area (Å²) in [5, 5.41) is 37.6. The molecule has 12 nitrogen and oxygen atoms in total. The summed E-state index contributed by atoms with van der Waals surface area (Å²) in [6.45, 7) is -0.463. The van der Waals surface area contributed by atoms with Gasteiger partial charge in [0.1, 0.15) is 22.8 Å². The fourth-order valence-electron chi connectivity index (χ4n) is 5.85. The lowest BCUT2D eigenvalue weighted by atomic mass is 9.56. The molecule has 3 aliphatic carbocycles. The van der Waals surface area contributed by atoms with E-state index in [0.29, 0.717) is 11.1 Å². The highest BCUT2D eigenvalue weighted by atomic mass is 35.5. The second kappa shape index (κ2) is 9.29. The quantitative estimate of drug-likeness (QED) is 0.313. The van der Waals surface area contributed by atoms with Crippen molar-refractivity contribution < 1.29 is 29.7 Å². The van der Waals surface area contributed by atoms with E-state index in [1.165, 1.54) is 37.2 Å². The molecule has 0 saturated heterocycles. The fourth-order valence-corrected chi connectivity index (χ4v) is 5.96. The molecule has 0 aromatic heterocycles. The number of rotatable bonds is 6. The molecule has 0 unspecified atom stereocenters. The topological polar surface area (TPSA) is 200 Å². The van der Waals surface area contributed by atoms with E-state index in [4.69, 9.17) is 17.3 Å². The van der Waals surface area contributed by atoms with E-state index in [1.807, 2.05) is 0 Å². The molecule has 1 saturated carbocycles. The van der Waals surface area contributed by atoms with E-state index in [-0.39, 0.29) is 34.7 Å². The lowest BCUT2D eigenvalue weighted by Gasteiger charge is -2.49. The number of aliphatic hydroxyl groups is 3. The van der Waals surface area contributed by atoms with Crippen LogP contribution in [0.25, 0.3) is 11.8 Å². The van der Waals surface area contributed by atoms with Crippen LogP contribution in [0.1, 0.15) is 23.1 Å². The van der Waals surface area contributed by atoms with E-state index in [2.05, 4.69) is 10.4 Å². The van der Waals surface area contributed by atoms with Crippen LogP contribution in [-0.4, -0.2) is 70.0 Å². The maximum Gasteiger partial charge on any atom is 0.255 e. The molecule has 5 N–H and O–H groups in total. The minimum Gasteiger partial charge on any atom is -0.508 e. The van der Waals surface area contributed by atoms with Crippen molar-refractivity contribution in [2.75, 3.05) is 20.7 Å². The third kappa shape index (κ3) is 3.63. The zero-order chi connectivity index (χ0) is 27.4. The Bertz CT molecular complexity index is 1360. The number of hydrogen-bond acceptors (Lipinski definition) is 11. The van der Waals surface area contributed by atoms with Crippen molar-refractivity contribution in [3.05, 3.63) is 60.6 Å². The third-order valence-corrected chi connectivity index (χ3v) is 7.57. The number of hydrogen-bond donors (Lipinski definition) is 4. The second-order valence-corrected chi connectivity index (χ2v) is 9.91. The Kier molecular flexibility index (Phi) is 6.61. The Labute approximate surface area is 215 Å². The molecule has 0 radical (unpaired) electrons. The Morgan fingerprint density at radius 3 is 2.49 bits per heavy atom. The molecule has 1 aromatic rings. The molecule has 37 heavy (non-hydrogen) atoms. The first kappa shape index (κ1) is 26.3. The number of fused-ring (bicyclic) bond motifs is 3. The van der Waals surface area contributed by atoms with Crippen LogP contribution in [0.2, 0.25) is 0 Å². The molecule has 0 heterocycles. The van der Waals surface area contributed by atoms with Gasteiger partial charge in [-0.1, -0.05) is 17.7 Å². The monoisotopic (exact) mass is 530 g/mol. The summed E-state index contributed by atoms with van der Waals surface area (Å²) >= 11 is 6.00. The van der Waals surface area contributed by atoms with Crippen LogP contribution in [0, 0.1) is 21.6 Å². The highest BCUT2D eigenvalue weighted by Gasteiger charge is 2.66.